The van der Waals surface area contributed by atoms with Crippen molar-refractivity contribution in [2.45, 2.75) is 32.9 Å². The third kappa shape index (κ3) is 0.942. The highest BCUT2D eigenvalue weighted by Gasteiger charge is 2.30. The van der Waals surface area contributed by atoms with Crippen LogP contribution in [0.2, 0.25) is 0 Å². The van der Waals surface area contributed by atoms with Gasteiger partial charge in [0.05, 0.1) is 0 Å². The lowest BCUT2D eigenvalue weighted by atomic mass is 10.4. The molecule has 1 unspecified atom stereocenters. The molecule has 0 aromatic rings. The highest BCUT2D eigenvalue weighted by atomic mass is 15.3. The molecule has 0 aromatic carbocycles. The fraction of sp³-hybridized carbons (Fsp3) is 1.00. The summed E-state index contributed by atoms with van der Waals surface area (Å²) in [5.74, 6) is 0. The van der Waals surface area contributed by atoms with Crippen LogP contribution in [0.3, 0.4) is 0 Å². The monoisotopic (exact) mass is 99.1 g/mol. The van der Waals surface area contributed by atoms with E-state index in [4.69, 9.17) is 0 Å². The van der Waals surface area contributed by atoms with E-state index < -0.39 is 0 Å². The summed E-state index contributed by atoms with van der Waals surface area (Å²) < 4.78 is 0. The average molecular weight is 99.2 g/mol. The highest BCUT2D eigenvalue weighted by Crippen LogP contribution is 2.18. The Balaban J connectivity index is 2.20. The molecule has 1 fully saturated rings. The molecule has 1 heterocycles. The maximum atomic E-state index is 2.46. The first-order valence-electron chi connectivity index (χ1n) is 2.97. The van der Waals surface area contributed by atoms with Crippen LogP contribution in [0.1, 0.15) is 20.8 Å². The normalized spacial score (nSPS) is 39.4. The van der Waals surface area contributed by atoms with Crippen molar-refractivity contribution in [3.8, 4) is 0 Å². The number of hydrogen-bond donors (Lipinski definition) is 0. The molecule has 0 aromatic heterocycles. The minimum atomic E-state index is 0.773. The smallest absolute Gasteiger partial charge is 0.0198 e. The number of rotatable bonds is 1. The van der Waals surface area contributed by atoms with Crippen molar-refractivity contribution in [1.29, 1.82) is 0 Å². The van der Waals surface area contributed by atoms with Gasteiger partial charge in [0.1, 0.15) is 0 Å². The van der Waals surface area contributed by atoms with E-state index in [1.54, 1.807) is 0 Å². The molecule has 0 aliphatic carbocycles. The second-order valence-corrected chi connectivity index (χ2v) is 2.64. The molecule has 0 amide bonds. The standard InChI is InChI=1S/C6H13N/c1-5(2)7-4-6(7)3/h5-6H,4H2,1-3H3/t6-,7?/m0/s1. The van der Waals surface area contributed by atoms with E-state index in [-0.39, 0.29) is 0 Å². The summed E-state index contributed by atoms with van der Waals surface area (Å²) in [4.78, 5) is 2.46. The zero-order valence-corrected chi connectivity index (χ0v) is 5.31. The molecule has 1 aliphatic rings. The maximum Gasteiger partial charge on any atom is 0.0198 e. The molecular formula is C6H13N. The fourth-order valence-corrected chi connectivity index (χ4v) is 0.978. The molecule has 2 atom stereocenters. The Bertz CT molecular complexity index is 68.6. The average Bonchev–Trinajstić information content (AvgIpc) is 2.17. The Morgan fingerprint density at radius 2 is 2.00 bits per heavy atom. The lowest BCUT2D eigenvalue weighted by Gasteiger charge is -2.02. The molecular weight excluding hydrogens is 86.1 g/mol. The van der Waals surface area contributed by atoms with Crippen molar-refractivity contribution >= 4 is 0 Å². The van der Waals surface area contributed by atoms with Crippen LogP contribution in [-0.4, -0.2) is 23.5 Å². The van der Waals surface area contributed by atoms with Crippen molar-refractivity contribution in [2.75, 3.05) is 6.54 Å². The molecule has 1 nitrogen and oxygen atoms in total. The summed E-state index contributed by atoms with van der Waals surface area (Å²) in [6.45, 7) is 8.06. The summed E-state index contributed by atoms with van der Waals surface area (Å²) in [6, 6.07) is 1.65. The van der Waals surface area contributed by atoms with Crippen LogP contribution in [0.5, 0.6) is 0 Å². The topological polar surface area (TPSA) is 3.01 Å². The Kier molecular flexibility index (Phi) is 1.08. The van der Waals surface area contributed by atoms with Gasteiger partial charge in [0, 0.05) is 18.6 Å². The van der Waals surface area contributed by atoms with Crippen molar-refractivity contribution in [2.24, 2.45) is 0 Å². The Morgan fingerprint density at radius 1 is 1.57 bits per heavy atom. The van der Waals surface area contributed by atoms with E-state index in [1.165, 1.54) is 6.54 Å². The third-order valence-corrected chi connectivity index (χ3v) is 1.57. The van der Waals surface area contributed by atoms with Crippen molar-refractivity contribution in [3.05, 3.63) is 0 Å². The summed E-state index contributed by atoms with van der Waals surface area (Å²) in [5.41, 5.74) is 0. The van der Waals surface area contributed by atoms with Gasteiger partial charge in [0.2, 0.25) is 0 Å². The predicted molar refractivity (Wildman–Crippen MR) is 31.3 cm³/mol. The molecule has 0 saturated carbocycles. The summed E-state index contributed by atoms with van der Waals surface area (Å²) in [5, 5.41) is 0. The molecule has 0 spiro atoms. The second-order valence-electron chi connectivity index (χ2n) is 2.64. The predicted octanol–water partition coefficient (Wildman–Crippen LogP) is 1.10. The molecule has 1 saturated heterocycles. The Labute approximate surface area is 45.3 Å². The molecule has 1 heteroatoms. The van der Waals surface area contributed by atoms with Gasteiger partial charge in [-0.25, -0.2) is 0 Å². The zero-order valence-electron chi connectivity index (χ0n) is 5.31. The minimum Gasteiger partial charge on any atom is -0.295 e. The van der Waals surface area contributed by atoms with E-state index >= 15 is 0 Å². The van der Waals surface area contributed by atoms with Crippen molar-refractivity contribution in [3.63, 3.8) is 0 Å². The first-order valence-corrected chi connectivity index (χ1v) is 2.97. The van der Waals surface area contributed by atoms with Crippen LogP contribution in [0.4, 0.5) is 0 Å². The SMILES string of the molecule is CC(C)N1C[C@@H]1C. The molecule has 0 bridgehead atoms. The third-order valence-electron chi connectivity index (χ3n) is 1.57. The van der Waals surface area contributed by atoms with E-state index in [9.17, 15) is 0 Å². The van der Waals surface area contributed by atoms with Crippen LogP contribution >= 0.6 is 0 Å². The van der Waals surface area contributed by atoms with Gasteiger partial charge in [-0.3, -0.25) is 4.90 Å². The van der Waals surface area contributed by atoms with Crippen LogP contribution < -0.4 is 0 Å². The molecule has 0 radical (unpaired) electrons. The Morgan fingerprint density at radius 3 is 2.00 bits per heavy atom. The summed E-state index contributed by atoms with van der Waals surface area (Å²) in [6.07, 6.45) is 0. The number of hydrogen-bond acceptors (Lipinski definition) is 1. The lowest BCUT2D eigenvalue weighted by molar-refractivity contribution is 0.429. The number of nitrogens with zero attached hydrogens (tertiary/aromatic N) is 1. The van der Waals surface area contributed by atoms with Crippen LogP contribution in [-0.2, 0) is 0 Å². The summed E-state index contributed by atoms with van der Waals surface area (Å²) >= 11 is 0. The molecule has 1 rings (SSSR count). The highest BCUT2D eigenvalue weighted by molar-refractivity contribution is 4.86. The second kappa shape index (κ2) is 1.48. The quantitative estimate of drug-likeness (QED) is 0.445. The minimum absolute atomic E-state index is 0.773. The van der Waals surface area contributed by atoms with E-state index in [2.05, 4.69) is 25.7 Å². The van der Waals surface area contributed by atoms with Gasteiger partial charge >= 0.3 is 0 Å². The maximum absolute atomic E-state index is 2.46. The lowest BCUT2D eigenvalue weighted by Crippen LogP contribution is -2.09. The fourth-order valence-electron chi connectivity index (χ4n) is 0.978. The molecule has 0 N–H and O–H groups in total. The van der Waals surface area contributed by atoms with Gasteiger partial charge in [-0.15, -0.1) is 0 Å². The molecule has 7 heavy (non-hydrogen) atoms. The van der Waals surface area contributed by atoms with Gasteiger partial charge in [0.15, 0.2) is 0 Å². The first-order chi connectivity index (χ1) is 3.22. The first kappa shape index (κ1) is 5.10. The van der Waals surface area contributed by atoms with E-state index in [0.29, 0.717) is 0 Å². The van der Waals surface area contributed by atoms with Gasteiger partial charge in [0.25, 0.3) is 0 Å². The van der Waals surface area contributed by atoms with Gasteiger partial charge in [-0.2, -0.15) is 0 Å². The van der Waals surface area contributed by atoms with Crippen molar-refractivity contribution < 1.29 is 0 Å². The molecule has 1 aliphatic heterocycles. The van der Waals surface area contributed by atoms with Gasteiger partial charge < -0.3 is 0 Å². The van der Waals surface area contributed by atoms with Crippen LogP contribution in [0.25, 0.3) is 0 Å². The van der Waals surface area contributed by atoms with Crippen molar-refractivity contribution in [1.82, 2.24) is 4.90 Å². The van der Waals surface area contributed by atoms with Gasteiger partial charge in [-0.1, -0.05) is 0 Å². The van der Waals surface area contributed by atoms with Crippen LogP contribution in [0, 0.1) is 0 Å². The summed E-state index contributed by atoms with van der Waals surface area (Å²) in [7, 11) is 0. The van der Waals surface area contributed by atoms with Gasteiger partial charge in [-0.05, 0) is 20.8 Å². The molecule has 42 valence electrons. The zero-order chi connectivity index (χ0) is 5.44. The van der Waals surface area contributed by atoms with E-state index in [0.717, 1.165) is 12.1 Å². The van der Waals surface area contributed by atoms with Crippen LogP contribution in [0.15, 0.2) is 0 Å². The van der Waals surface area contributed by atoms with E-state index in [1.807, 2.05) is 0 Å². The Hall–Kier alpha value is -0.0400. The largest absolute Gasteiger partial charge is 0.295 e.